The average Bonchev–Trinajstić information content (AvgIpc) is 3.25. The summed E-state index contributed by atoms with van der Waals surface area (Å²) in [5.74, 6) is -7.08. The molecule has 356 valence electrons. The molecule has 4 aliphatic rings. The van der Waals surface area contributed by atoms with Crippen molar-refractivity contribution in [2.24, 2.45) is 47.3 Å². The third-order valence-electron chi connectivity index (χ3n) is 14.9. The van der Waals surface area contributed by atoms with Gasteiger partial charge < -0.3 is 39.5 Å². The van der Waals surface area contributed by atoms with Crippen LogP contribution in [0.4, 0.5) is 0 Å². The number of hydrogen-bond donors (Lipinski definition) is 4. The van der Waals surface area contributed by atoms with Gasteiger partial charge in [0.05, 0.1) is 30.5 Å². The average molecular weight is 884 g/mol. The fraction of sp³-hybridized carbons (Fsp3) is 0.765. The quantitative estimate of drug-likeness (QED) is 0.127. The SMILES string of the molecule is CO[C@H]1C[C@@H]2CC[C@@H](C)[C@@](O)(O2)C(=O)C(=O)N2CCCC[C@H]2C(=O)OC([C@H](C)C[C@@H]2CC[C@@H](O)[C@H](C)C2)CC(=O)[C@H](C)/C=C(\C)[C@@H](O)[C@@H](C)[C@@H](O)[C@H](C)C[C@H](C)/C=C/C=C/C=C/1C. The van der Waals surface area contributed by atoms with Crippen LogP contribution in [-0.2, 0) is 33.4 Å². The Bertz CT molecular complexity index is 1670. The maximum Gasteiger partial charge on any atom is 0.329 e. The zero-order valence-corrected chi connectivity index (χ0v) is 39.9. The summed E-state index contributed by atoms with van der Waals surface area (Å²) in [5.41, 5.74) is 1.48. The Morgan fingerprint density at radius 1 is 0.857 bits per heavy atom. The molecule has 0 aromatic rings. The van der Waals surface area contributed by atoms with Crippen LogP contribution in [0.15, 0.2) is 47.6 Å². The second kappa shape index (κ2) is 24.0. The highest BCUT2D eigenvalue weighted by molar-refractivity contribution is 6.39. The highest BCUT2D eigenvalue weighted by Gasteiger charge is 2.53. The molecule has 0 aromatic heterocycles. The Morgan fingerprint density at radius 3 is 2.25 bits per heavy atom. The molecular formula is C51H81NO11. The topological polar surface area (TPSA) is 180 Å². The Morgan fingerprint density at radius 2 is 1.57 bits per heavy atom. The zero-order valence-electron chi connectivity index (χ0n) is 39.9. The first kappa shape index (κ1) is 52.6. The predicted octanol–water partition coefficient (Wildman–Crippen LogP) is 7.21. The summed E-state index contributed by atoms with van der Waals surface area (Å²) in [7, 11) is 1.59. The van der Waals surface area contributed by atoms with E-state index >= 15 is 0 Å². The number of ketones is 2. The van der Waals surface area contributed by atoms with Gasteiger partial charge in [-0.25, -0.2) is 4.79 Å². The van der Waals surface area contributed by atoms with Crippen LogP contribution in [-0.4, -0.2) is 111 Å². The highest BCUT2D eigenvalue weighted by atomic mass is 16.6. The number of allylic oxidation sites excluding steroid dienone is 6. The summed E-state index contributed by atoms with van der Waals surface area (Å²) < 4.78 is 18.3. The molecular weight excluding hydrogens is 803 g/mol. The number of fused-ring (bicyclic) bond motifs is 3. The molecule has 3 fully saturated rings. The Balaban J connectivity index is 1.68. The van der Waals surface area contributed by atoms with E-state index in [-0.39, 0.29) is 67.0 Å². The standard InChI is InChI=1S/C51H81NO11/c1-30-16-12-11-13-17-31(2)44(61-10)28-40-21-19-37(8)51(60,63-40)48(57)49(58)52-23-15-14-18-41(52)50(59)62-45(34(5)27-39-20-22-42(53)33(4)26-39)29-43(54)32(3)25-36(7)47(56)38(9)46(55)35(6)24-30/h11-13,16-17,25,30,32-35,37-42,44-47,53,55-56,60H,14-15,18-24,26-29H2,1-10H3/b13-11+,16-12+,31-17+,36-25+/t30-,32-,33-,34-,35-,37-,38+,39-,40+,41+,42-,44+,45?,46+,47-,51-/m1/s1. The van der Waals surface area contributed by atoms with Crippen LogP contribution in [0.25, 0.3) is 0 Å². The largest absolute Gasteiger partial charge is 0.460 e. The van der Waals surface area contributed by atoms with Crippen molar-refractivity contribution in [1.82, 2.24) is 4.90 Å². The Hall–Kier alpha value is -3.00. The predicted molar refractivity (Wildman–Crippen MR) is 243 cm³/mol. The molecule has 2 bridgehead atoms. The number of nitrogens with zero attached hydrogens (tertiary/aromatic N) is 1. The molecule has 1 unspecified atom stereocenters. The molecule has 4 rings (SSSR count). The monoisotopic (exact) mass is 884 g/mol. The van der Waals surface area contributed by atoms with Gasteiger partial charge in [-0.1, -0.05) is 84.9 Å². The number of cyclic esters (lactones) is 1. The van der Waals surface area contributed by atoms with Gasteiger partial charge in [0.2, 0.25) is 5.79 Å². The fourth-order valence-corrected chi connectivity index (χ4v) is 10.4. The van der Waals surface area contributed by atoms with Crippen LogP contribution < -0.4 is 0 Å². The van der Waals surface area contributed by atoms with Crippen LogP contribution in [0, 0.1) is 47.3 Å². The molecule has 12 nitrogen and oxygen atoms in total. The van der Waals surface area contributed by atoms with Gasteiger partial charge in [0.15, 0.2) is 0 Å². The van der Waals surface area contributed by atoms with Gasteiger partial charge in [-0.3, -0.25) is 14.4 Å². The van der Waals surface area contributed by atoms with Crippen molar-refractivity contribution in [2.45, 2.75) is 188 Å². The third kappa shape index (κ3) is 14.0. The number of aliphatic hydroxyl groups is 4. The number of rotatable bonds is 4. The van der Waals surface area contributed by atoms with Gasteiger partial charge in [0, 0.05) is 44.2 Å². The minimum Gasteiger partial charge on any atom is -0.460 e. The van der Waals surface area contributed by atoms with Crippen molar-refractivity contribution < 1.29 is 53.8 Å². The summed E-state index contributed by atoms with van der Waals surface area (Å²) in [6.45, 7) is 17.1. The van der Waals surface area contributed by atoms with Crippen LogP contribution in [0.3, 0.4) is 0 Å². The number of ether oxygens (including phenoxy) is 3. The molecule has 4 N–H and O–H groups in total. The van der Waals surface area contributed by atoms with E-state index in [4.69, 9.17) is 14.2 Å². The lowest BCUT2D eigenvalue weighted by molar-refractivity contribution is -0.265. The number of amides is 1. The summed E-state index contributed by atoms with van der Waals surface area (Å²) >= 11 is 0. The Kier molecular flexibility index (Phi) is 20.0. The molecule has 3 heterocycles. The van der Waals surface area contributed by atoms with E-state index in [9.17, 15) is 39.6 Å². The van der Waals surface area contributed by atoms with Crippen LogP contribution in [0.5, 0.6) is 0 Å². The van der Waals surface area contributed by atoms with Gasteiger partial charge in [0.25, 0.3) is 11.7 Å². The van der Waals surface area contributed by atoms with Crippen molar-refractivity contribution in [1.29, 1.82) is 0 Å². The molecule has 0 radical (unpaired) electrons. The molecule has 0 aromatic carbocycles. The van der Waals surface area contributed by atoms with E-state index in [2.05, 4.69) is 13.0 Å². The summed E-state index contributed by atoms with van der Waals surface area (Å²) in [6.07, 6.45) is 13.9. The first-order valence-electron chi connectivity index (χ1n) is 23.9. The van der Waals surface area contributed by atoms with Crippen LogP contribution in [0.2, 0.25) is 0 Å². The molecule has 63 heavy (non-hydrogen) atoms. The van der Waals surface area contributed by atoms with Crippen molar-refractivity contribution in [3.63, 3.8) is 0 Å². The van der Waals surface area contributed by atoms with Crippen molar-refractivity contribution >= 4 is 23.4 Å². The van der Waals surface area contributed by atoms with Gasteiger partial charge in [0.1, 0.15) is 17.9 Å². The van der Waals surface area contributed by atoms with Gasteiger partial charge in [-0.2, -0.15) is 0 Å². The third-order valence-corrected chi connectivity index (χ3v) is 14.9. The van der Waals surface area contributed by atoms with Gasteiger partial charge >= 0.3 is 5.97 Å². The molecule has 16 atom stereocenters. The van der Waals surface area contributed by atoms with Crippen molar-refractivity contribution in [3.8, 4) is 0 Å². The van der Waals surface area contributed by atoms with E-state index in [1.54, 1.807) is 34.0 Å². The van der Waals surface area contributed by atoms with E-state index in [1.807, 2.05) is 58.9 Å². The fourth-order valence-electron chi connectivity index (χ4n) is 10.4. The number of hydrogen-bond acceptors (Lipinski definition) is 11. The number of carbonyl (C=O) groups excluding carboxylic acids is 4. The number of aliphatic hydroxyl groups excluding tert-OH is 3. The summed E-state index contributed by atoms with van der Waals surface area (Å²) in [6, 6.07) is -1.10. The van der Waals surface area contributed by atoms with E-state index in [0.717, 1.165) is 18.4 Å². The normalized spacial score (nSPS) is 42.5. The molecule has 1 saturated carbocycles. The molecule has 1 amide bonds. The van der Waals surface area contributed by atoms with E-state index in [0.29, 0.717) is 56.9 Å². The lowest BCUT2D eigenvalue weighted by Crippen LogP contribution is -2.61. The molecule has 2 saturated heterocycles. The minimum absolute atomic E-state index is 0.0993. The second-order valence-corrected chi connectivity index (χ2v) is 20.2. The first-order valence-corrected chi connectivity index (χ1v) is 23.9. The number of piperidine rings is 1. The minimum atomic E-state index is -2.40. The molecule has 3 aliphatic heterocycles. The maximum atomic E-state index is 14.3. The van der Waals surface area contributed by atoms with Crippen molar-refractivity contribution in [2.75, 3.05) is 13.7 Å². The number of esters is 1. The maximum absolute atomic E-state index is 14.3. The molecule has 1 aliphatic carbocycles. The van der Waals surface area contributed by atoms with E-state index in [1.165, 1.54) is 4.90 Å². The smallest absolute Gasteiger partial charge is 0.329 e. The summed E-state index contributed by atoms with van der Waals surface area (Å²) in [4.78, 5) is 58.0. The number of methoxy groups -OCH3 is 1. The molecule has 0 spiro atoms. The van der Waals surface area contributed by atoms with Crippen molar-refractivity contribution in [3.05, 3.63) is 47.6 Å². The number of carbonyl (C=O) groups is 4. The first-order chi connectivity index (χ1) is 29.7. The Labute approximate surface area is 377 Å². The lowest BCUT2D eigenvalue weighted by Gasteiger charge is -2.42. The zero-order chi connectivity index (χ0) is 46.8. The second-order valence-electron chi connectivity index (χ2n) is 20.2. The highest BCUT2D eigenvalue weighted by Crippen LogP contribution is 2.38. The van der Waals surface area contributed by atoms with Crippen LogP contribution in [0.1, 0.15) is 139 Å². The van der Waals surface area contributed by atoms with E-state index < -0.39 is 71.7 Å². The number of Topliss-reactive ketones (excluding diaryl/α,β-unsaturated/α-hetero) is 2. The van der Waals surface area contributed by atoms with Crippen LogP contribution >= 0.6 is 0 Å². The summed E-state index contributed by atoms with van der Waals surface area (Å²) in [5, 5.41) is 45.1. The molecule has 12 heteroatoms. The van der Waals surface area contributed by atoms with Gasteiger partial charge in [-0.05, 0) is 119 Å². The lowest BCUT2D eigenvalue weighted by atomic mass is 9.75. The van der Waals surface area contributed by atoms with Gasteiger partial charge in [-0.15, -0.1) is 0 Å².